The van der Waals surface area contributed by atoms with Gasteiger partial charge >= 0.3 is 0 Å². The van der Waals surface area contributed by atoms with E-state index in [0.717, 1.165) is 0 Å². The van der Waals surface area contributed by atoms with Crippen LogP contribution < -0.4 is 21.9 Å². The van der Waals surface area contributed by atoms with Gasteiger partial charge in [-0.2, -0.15) is 0 Å². The second-order valence-electron chi connectivity index (χ2n) is 3.08. The quantitative estimate of drug-likeness (QED) is 0.491. The van der Waals surface area contributed by atoms with E-state index in [1.165, 1.54) is 13.1 Å². The fourth-order valence-electron chi connectivity index (χ4n) is 1.02. The second-order valence-corrected chi connectivity index (χ2v) is 3.08. The van der Waals surface area contributed by atoms with Crippen LogP contribution in [0.15, 0.2) is 11.0 Å². The molecule has 1 atom stereocenters. The largest absolute Gasteiger partial charge is 0.393 e. The molecule has 15 heavy (non-hydrogen) atoms. The van der Waals surface area contributed by atoms with Crippen molar-refractivity contribution in [1.82, 2.24) is 15.3 Å². The first kappa shape index (κ1) is 11.0. The molecule has 1 rings (SSSR count). The number of nitrogens with one attached hydrogen (secondary N) is 3. The number of nitrogen functional groups attached to an aromatic ring is 1. The van der Waals surface area contributed by atoms with E-state index in [-0.39, 0.29) is 23.7 Å². The molecule has 0 aromatic carbocycles. The van der Waals surface area contributed by atoms with E-state index in [9.17, 15) is 9.59 Å². The molecule has 0 saturated carbocycles. The number of amides is 1. The van der Waals surface area contributed by atoms with Crippen LogP contribution in [0.3, 0.4) is 0 Å². The van der Waals surface area contributed by atoms with Crippen molar-refractivity contribution in [3.05, 3.63) is 16.6 Å². The lowest BCUT2D eigenvalue weighted by Crippen LogP contribution is -2.37. The smallest absolute Gasteiger partial charge is 0.275 e. The van der Waals surface area contributed by atoms with E-state index in [4.69, 9.17) is 5.73 Å². The Morgan fingerprint density at radius 2 is 2.33 bits per heavy atom. The van der Waals surface area contributed by atoms with Crippen LogP contribution in [-0.4, -0.2) is 22.0 Å². The average molecular weight is 211 g/mol. The second kappa shape index (κ2) is 4.45. The maximum atomic E-state index is 11.1. The van der Waals surface area contributed by atoms with Gasteiger partial charge in [0.15, 0.2) is 0 Å². The Bertz CT molecular complexity index is 414. The summed E-state index contributed by atoms with van der Waals surface area (Å²) >= 11 is 0. The van der Waals surface area contributed by atoms with Gasteiger partial charge in [-0.3, -0.25) is 14.6 Å². The molecule has 1 unspecified atom stereocenters. The van der Waals surface area contributed by atoms with Crippen LogP contribution >= 0.6 is 0 Å². The van der Waals surface area contributed by atoms with E-state index < -0.39 is 5.56 Å². The molecule has 0 spiro atoms. The van der Waals surface area contributed by atoms with Crippen molar-refractivity contribution in [1.29, 1.82) is 0 Å². The van der Waals surface area contributed by atoms with E-state index in [1.54, 1.807) is 6.92 Å². The third-order valence-electron chi connectivity index (χ3n) is 1.60. The first-order chi connectivity index (χ1) is 6.99. The summed E-state index contributed by atoms with van der Waals surface area (Å²) in [6.07, 6.45) is 0.927. The van der Waals surface area contributed by atoms with E-state index >= 15 is 0 Å². The predicted molar refractivity (Wildman–Crippen MR) is 56.2 cm³/mol. The molecule has 7 heteroatoms. The third-order valence-corrected chi connectivity index (χ3v) is 1.60. The molecular weight excluding hydrogens is 198 g/mol. The summed E-state index contributed by atoms with van der Waals surface area (Å²) in [5.41, 5.74) is 4.93. The summed E-state index contributed by atoms with van der Waals surface area (Å²) < 4.78 is 0. The molecule has 0 saturated heterocycles. The lowest BCUT2D eigenvalue weighted by Gasteiger charge is -2.14. The average Bonchev–Trinajstić information content (AvgIpc) is 2.10. The number of hydrogen-bond acceptors (Lipinski definition) is 5. The van der Waals surface area contributed by atoms with Crippen molar-refractivity contribution in [3.63, 3.8) is 0 Å². The van der Waals surface area contributed by atoms with Crippen molar-refractivity contribution in [2.24, 2.45) is 0 Å². The van der Waals surface area contributed by atoms with E-state index in [1.807, 2.05) is 0 Å². The van der Waals surface area contributed by atoms with Gasteiger partial charge in [-0.25, -0.2) is 4.98 Å². The van der Waals surface area contributed by atoms with Crippen molar-refractivity contribution >= 4 is 17.5 Å². The molecule has 1 aromatic heterocycles. The molecular formula is C8H13N5O2. The highest BCUT2D eigenvalue weighted by molar-refractivity contribution is 5.73. The van der Waals surface area contributed by atoms with Crippen LogP contribution in [0.1, 0.15) is 13.8 Å². The number of nitrogens with two attached hydrogens (primary N) is 1. The summed E-state index contributed by atoms with van der Waals surface area (Å²) in [5.74, 6) is 0.0863. The maximum absolute atomic E-state index is 11.1. The van der Waals surface area contributed by atoms with E-state index in [0.29, 0.717) is 0 Å². The van der Waals surface area contributed by atoms with Gasteiger partial charge in [0.1, 0.15) is 5.69 Å². The molecule has 5 N–H and O–H groups in total. The van der Waals surface area contributed by atoms with Crippen molar-refractivity contribution < 1.29 is 4.79 Å². The summed E-state index contributed by atoms with van der Waals surface area (Å²) in [4.78, 5) is 28.1. The number of hydrogen-bond donors (Lipinski definition) is 4. The zero-order chi connectivity index (χ0) is 11.4. The zero-order valence-electron chi connectivity index (χ0n) is 8.50. The van der Waals surface area contributed by atoms with E-state index in [2.05, 4.69) is 20.6 Å². The summed E-state index contributed by atoms with van der Waals surface area (Å²) in [5, 5.41) is 5.37. The van der Waals surface area contributed by atoms with Crippen LogP contribution in [-0.2, 0) is 4.79 Å². The van der Waals surface area contributed by atoms with Gasteiger partial charge in [0.25, 0.3) is 5.56 Å². The minimum absolute atomic E-state index is 0.0488. The number of H-pyrrole nitrogens is 1. The summed E-state index contributed by atoms with van der Waals surface area (Å²) in [6, 6.07) is 0. The number of rotatable bonds is 3. The number of aromatic amines is 1. The van der Waals surface area contributed by atoms with Crippen LogP contribution in [0.2, 0.25) is 0 Å². The molecule has 7 nitrogen and oxygen atoms in total. The Morgan fingerprint density at radius 1 is 1.67 bits per heavy atom. The number of carbonyl (C=O) groups excluding carboxylic acids is 1. The molecule has 0 bridgehead atoms. The van der Waals surface area contributed by atoms with Gasteiger partial charge in [-0.05, 0) is 6.92 Å². The van der Waals surface area contributed by atoms with Gasteiger partial charge in [-0.15, -0.1) is 0 Å². The van der Waals surface area contributed by atoms with Crippen molar-refractivity contribution in [3.8, 4) is 0 Å². The lowest BCUT2D eigenvalue weighted by atomic mass is 10.5. The predicted octanol–water partition coefficient (Wildman–Crippen LogP) is -0.754. The minimum Gasteiger partial charge on any atom is -0.393 e. The molecule has 1 aromatic rings. The summed E-state index contributed by atoms with van der Waals surface area (Å²) in [7, 11) is 0. The molecule has 0 aliphatic heterocycles. The van der Waals surface area contributed by atoms with Crippen molar-refractivity contribution in [2.75, 3.05) is 11.1 Å². The molecule has 1 heterocycles. The van der Waals surface area contributed by atoms with Gasteiger partial charge in [0.2, 0.25) is 11.9 Å². The Hall–Kier alpha value is -2.05. The van der Waals surface area contributed by atoms with Gasteiger partial charge in [0, 0.05) is 6.92 Å². The van der Waals surface area contributed by atoms with Crippen LogP contribution in [0.25, 0.3) is 0 Å². The molecule has 0 radical (unpaired) electrons. The molecule has 0 fully saturated rings. The first-order valence-electron chi connectivity index (χ1n) is 4.37. The van der Waals surface area contributed by atoms with Gasteiger partial charge in [0.05, 0.1) is 12.4 Å². The van der Waals surface area contributed by atoms with Crippen LogP contribution in [0, 0.1) is 0 Å². The molecule has 0 aliphatic rings. The Morgan fingerprint density at radius 3 is 2.87 bits per heavy atom. The number of anilines is 2. The van der Waals surface area contributed by atoms with Gasteiger partial charge < -0.3 is 16.4 Å². The maximum Gasteiger partial charge on any atom is 0.275 e. The van der Waals surface area contributed by atoms with Crippen molar-refractivity contribution in [2.45, 2.75) is 20.0 Å². The highest BCUT2D eigenvalue weighted by atomic mass is 16.1. The minimum atomic E-state index is -0.414. The van der Waals surface area contributed by atoms with Crippen LogP contribution in [0.4, 0.5) is 11.6 Å². The standard InChI is InChI=1S/C8H13N5O2/c1-4(11-5(2)14)12-8-10-3-6(9)7(15)13-8/h3-4H,9H2,1-2H3,(H,11,14)(H2,10,12,13,15). The highest BCUT2D eigenvalue weighted by Crippen LogP contribution is 1.96. The number of nitrogens with zero attached hydrogens (tertiary/aromatic N) is 1. The lowest BCUT2D eigenvalue weighted by molar-refractivity contribution is -0.119. The highest BCUT2D eigenvalue weighted by Gasteiger charge is 2.04. The fourth-order valence-corrected chi connectivity index (χ4v) is 1.02. The molecule has 1 amide bonds. The molecule has 0 aliphatic carbocycles. The number of aromatic nitrogens is 2. The summed E-state index contributed by atoms with van der Waals surface area (Å²) in [6.45, 7) is 3.12. The Kier molecular flexibility index (Phi) is 3.27. The molecule has 82 valence electrons. The zero-order valence-corrected chi connectivity index (χ0v) is 8.50. The SMILES string of the molecule is CC(=O)NC(C)Nc1ncc(N)c(=O)[nH]1. The normalized spacial score (nSPS) is 11.9. The van der Waals surface area contributed by atoms with Gasteiger partial charge in [-0.1, -0.05) is 0 Å². The monoisotopic (exact) mass is 211 g/mol. The Labute approximate surface area is 86.1 Å². The fraction of sp³-hybridized carbons (Fsp3) is 0.375. The first-order valence-corrected chi connectivity index (χ1v) is 4.37. The number of carbonyl (C=O) groups is 1. The topological polar surface area (TPSA) is 113 Å². The third kappa shape index (κ3) is 3.29. The van der Waals surface area contributed by atoms with Crippen LogP contribution in [0.5, 0.6) is 0 Å². The Balaban J connectivity index is 2.69.